The summed E-state index contributed by atoms with van der Waals surface area (Å²) in [5.74, 6) is -4.04. The first-order valence-corrected chi connectivity index (χ1v) is 6.45. The molecular weight excluding hydrogens is 276 g/mol. The van der Waals surface area contributed by atoms with Crippen LogP contribution in [0.15, 0.2) is 36.4 Å². The molecule has 0 bridgehead atoms. The third kappa shape index (κ3) is 3.02. The number of carbonyl (C=O) groups is 1. The van der Waals surface area contributed by atoms with E-state index in [4.69, 9.17) is 5.11 Å². The number of aryl methyl sites for hydroxylation is 1. The van der Waals surface area contributed by atoms with Gasteiger partial charge in [-0.1, -0.05) is 24.3 Å². The molecule has 1 unspecified atom stereocenters. The molecule has 0 fully saturated rings. The van der Waals surface area contributed by atoms with Crippen LogP contribution in [0.4, 0.5) is 14.5 Å². The molecule has 0 spiro atoms. The fraction of sp³-hybridized carbons (Fsp3) is 0.188. The molecule has 0 aromatic heterocycles. The highest BCUT2D eigenvalue weighted by Crippen LogP contribution is 2.26. The van der Waals surface area contributed by atoms with E-state index in [9.17, 15) is 13.6 Å². The lowest BCUT2D eigenvalue weighted by atomic mass is 10.0. The van der Waals surface area contributed by atoms with E-state index in [1.807, 2.05) is 38.1 Å². The smallest absolute Gasteiger partial charge is 0.338 e. The first-order valence-electron chi connectivity index (χ1n) is 6.45. The molecule has 0 saturated heterocycles. The quantitative estimate of drug-likeness (QED) is 0.890. The van der Waals surface area contributed by atoms with Crippen LogP contribution in [0.5, 0.6) is 0 Å². The molecule has 0 heterocycles. The first kappa shape index (κ1) is 15.0. The van der Waals surface area contributed by atoms with Gasteiger partial charge in [-0.2, -0.15) is 0 Å². The molecule has 110 valence electrons. The summed E-state index contributed by atoms with van der Waals surface area (Å²) in [6.07, 6.45) is 0. The van der Waals surface area contributed by atoms with Gasteiger partial charge in [-0.25, -0.2) is 13.6 Å². The van der Waals surface area contributed by atoms with Gasteiger partial charge in [0, 0.05) is 6.04 Å². The minimum atomic E-state index is -1.50. The van der Waals surface area contributed by atoms with Crippen molar-refractivity contribution >= 4 is 11.7 Å². The van der Waals surface area contributed by atoms with Crippen molar-refractivity contribution in [2.75, 3.05) is 5.32 Å². The predicted molar refractivity (Wildman–Crippen MR) is 76.5 cm³/mol. The summed E-state index contributed by atoms with van der Waals surface area (Å²) in [4.78, 5) is 10.7. The van der Waals surface area contributed by atoms with Crippen molar-refractivity contribution < 1.29 is 18.7 Å². The van der Waals surface area contributed by atoms with Gasteiger partial charge in [0.25, 0.3) is 0 Å². The predicted octanol–water partition coefficient (Wildman–Crippen LogP) is 4.14. The van der Waals surface area contributed by atoms with E-state index in [-0.39, 0.29) is 11.7 Å². The molecule has 2 N–H and O–H groups in total. The highest BCUT2D eigenvalue weighted by molar-refractivity contribution is 5.88. The van der Waals surface area contributed by atoms with Crippen molar-refractivity contribution in [1.29, 1.82) is 0 Å². The second-order valence-corrected chi connectivity index (χ2v) is 4.82. The first-order chi connectivity index (χ1) is 9.91. The maximum Gasteiger partial charge on any atom is 0.338 e. The molecule has 0 saturated carbocycles. The summed E-state index contributed by atoms with van der Waals surface area (Å²) in [5.41, 5.74) is 1.25. The summed E-state index contributed by atoms with van der Waals surface area (Å²) < 4.78 is 27.5. The van der Waals surface area contributed by atoms with Crippen molar-refractivity contribution in [2.24, 2.45) is 0 Å². The minimum Gasteiger partial charge on any atom is -0.478 e. The second-order valence-electron chi connectivity index (χ2n) is 4.82. The van der Waals surface area contributed by atoms with E-state index in [1.54, 1.807) is 0 Å². The summed E-state index contributed by atoms with van der Waals surface area (Å²) >= 11 is 0. The number of benzene rings is 2. The Hall–Kier alpha value is -2.43. The monoisotopic (exact) mass is 291 g/mol. The highest BCUT2D eigenvalue weighted by atomic mass is 19.2. The van der Waals surface area contributed by atoms with Gasteiger partial charge in [0.15, 0.2) is 11.6 Å². The van der Waals surface area contributed by atoms with E-state index < -0.39 is 23.2 Å². The van der Waals surface area contributed by atoms with E-state index in [0.717, 1.165) is 17.2 Å². The van der Waals surface area contributed by atoms with Crippen LogP contribution in [0.3, 0.4) is 0 Å². The minimum absolute atomic E-state index is 0.0618. The van der Waals surface area contributed by atoms with E-state index in [2.05, 4.69) is 5.32 Å². The Bertz CT molecular complexity index is 686. The molecule has 0 aliphatic carbocycles. The summed E-state index contributed by atoms with van der Waals surface area (Å²) in [5, 5.41) is 11.6. The molecule has 2 aromatic rings. The number of carboxylic acid groups (broad SMARTS) is 1. The van der Waals surface area contributed by atoms with Gasteiger partial charge in [-0.05, 0) is 37.1 Å². The summed E-state index contributed by atoms with van der Waals surface area (Å²) in [7, 11) is 0. The van der Waals surface area contributed by atoms with Crippen LogP contribution in [0.25, 0.3) is 0 Å². The summed E-state index contributed by atoms with van der Waals surface area (Å²) in [6.45, 7) is 3.75. The Labute approximate surface area is 121 Å². The van der Waals surface area contributed by atoms with Crippen LogP contribution in [0, 0.1) is 18.6 Å². The Morgan fingerprint density at radius 3 is 2.43 bits per heavy atom. The third-order valence-electron chi connectivity index (χ3n) is 3.34. The maximum absolute atomic E-state index is 13.9. The van der Waals surface area contributed by atoms with E-state index in [1.165, 1.54) is 6.07 Å². The van der Waals surface area contributed by atoms with Gasteiger partial charge in [-0.15, -0.1) is 0 Å². The van der Waals surface area contributed by atoms with E-state index in [0.29, 0.717) is 0 Å². The zero-order valence-corrected chi connectivity index (χ0v) is 11.7. The van der Waals surface area contributed by atoms with Crippen LogP contribution in [0.1, 0.15) is 34.5 Å². The number of halogens is 2. The number of anilines is 1. The Morgan fingerprint density at radius 1 is 1.14 bits per heavy atom. The number of aromatic carboxylic acids is 1. The van der Waals surface area contributed by atoms with Crippen LogP contribution in [-0.2, 0) is 0 Å². The molecule has 21 heavy (non-hydrogen) atoms. The average Bonchev–Trinajstić information content (AvgIpc) is 2.44. The maximum atomic E-state index is 13.9. The molecule has 0 aliphatic rings. The van der Waals surface area contributed by atoms with Crippen molar-refractivity contribution in [2.45, 2.75) is 19.9 Å². The van der Waals surface area contributed by atoms with Gasteiger partial charge in [0.2, 0.25) is 0 Å². The average molecular weight is 291 g/mol. The fourth-order valence-electron chi connectivity index (χ4n) is 2.21. The topological polar surface area (TPSA) is 49.3 Å². The highest BCUT2D eigenvalue weighted by Gasteiger charge is 2.19. The number of carboxylic acids is 1. The summed E-state index contributed by atoms with van der Waals surface area (Å²) in [6, 6.07) is 9.63. The van der Waals surface area contributed by atoms with Crippen molar-refractivity contribution in [1.82, 2.24) is 0 Å². The van der Waals surface area contributed by atoms with Gasteiger partial charge < -0.3 is 10.4 Å². The van der Waals surface area contributed by atoms with Crippen molar-refractivity contribution in [3.8, 4) is 0 Å². The number of rotatable bonds is 4. The normalized spacial score (nSPS) is 12.0. The largest absolute Gasteiger partial charge is 0.478 e. The van der Waals surface area contributed by atoms with Gasteiger partial charge in [-0.3, -0.25) is 0 Å². The number of nitrogens with one attached hydrogen (secondary N) is 1. The van der Waals surface area contributed by atoms with Crippen LogP contribution in [0.2, 0.25) is 0 Å². The zero-order chi connectivity index (χ0) is 15.6. The molecule has 2 aromatic carbocycles. The Balaban J connectivity index is 2.30. The zero-order valence-electron chi connectivity index (χ0n) is 11.7. The Morgan fingerprint density at radius 2 is 1.81 bits per heavy atom. The standard InChI is InChI=1S/C16H15F2NO2/c1-9-5-3-4-6-11(9)10(2)19-13-8-7-12(16(20)21)14(17)15(13)18/h3-8,10,19H,1-2H3,(H,20,21). The number of hydrogen-bond acceptors (Lipinski definition) is 2. The molecule has 3 nitrogen and oxygen atoms in total. The van der Waals surface area contributed by atoms with Crippen molar-refractivity contribution in [3.05, 3.63) is 64.7 Å². The van der Waals surface area contributed by atoms with Crippen molar-refractivity contribution in [3.63, 3.8) is 0 Å². The van der Waals surface area contributed by atoms with Gasteiger partial charge in [0.1, 0.15) is 0 Å². The molecular formula is C16H15F2NO2. The number of hydrogen-bond donors (Lipinski definition) is 2. The van der Waals surface area contributed by atoms with Crippen LogP contribution < -0.4 is 5.32 Å². The second kappa shape index (κ2) is 5.91. The molecule has 1 atom stereocenters. The van der Waals surface area contributed by atoms with Gasteiger partial charge >= 0.3 is 5.97 Å². The Kier molecular flexibility index (Phi) is 4.21. The lowest BCUT2D eigenvalue weighted by Gasteiger charge is -2.18. The fourth-order valence-corrected chi connectivity index (χ4v) is 2.21. The molecule has 5 heteroatoms. The molecule has 0 aliphatic heterocycles. The molecule has 0 amide bonds. The lowest BCUT2D eigenvalue weighted by molar-refractivity contribution is 0.0690. The lowest BCUT2D eigenvalue weighted by Crippen LogP contribution is -2.11. The molecule has 2 rings (SSSR count). The SMILES string of the molecule is Cc1ccccc1C(C)Nc1ccc(C(=O)O)c(F)c1F. The molecule has 0 radical (unpaired) electrons. The van der Waals surface area contributed by atoms with Crippen LogP contribution in [-0.4, -0.2) is 11.1 Å². The van der Waals surface area contributed by atoms with Gasteiger partial charge in [0.05, 0.1) is 11.3 Å². The third-order valence-corrected chi connectivity index (χ3v) is 3.34. The van der Waals surface area contributed by atoms with E-state index >= 15 is 0 Å². The van der Waals surface area contributed by atoms with Crippen LogP contribution >= 0.6 is 0 Å².